The Balaban J connectivity index is 2.23. The molecule has 1 heterocycles. The molecule has 1 aliphatic heterocycles. The van der Waals surface area contributed by atoms with Crippen molar-refractivity contribution in [2.75, 3.05) is 11.5 Å². The summed E-state index contributed by atoms with van der Waals surface area (Å²) < 4.78 is 0. The van der Waals surface area contributed by atoms with Gasteiger partial charge in [-0.15, -0.1) is 5.16 Å². The first-order chi connectivity index (χ1) is 4.43. The molecule has 0 atom stereocenters. The third kappa shape index (κ3) is 2.26. The molecule has 1 aliphatic rings. The molecule has 2 nitrogen and oxygen atoms in total. The van der Waals surface area contributed by atoms with E-state index < -0.39 is 0 Å². The fourth-order valence-electron chi connectivity index (χ4n) is 0.959. The van der Waals surface area contributed by atoms with Crippen molar-refractivity contribution in [2.24, 2.45) is 11.1 Å². The van der Waals surface area contributed by atoms with Crippen molar-refractivity contribution < 1.29 is 5.21 Å². The molecule has 9 heavy (non-hydrogen) atoms. The SMILES string of the molecule is ON=CC1CCSCC1. The van der Waals surface area contributed by atoms with E-state index in [1.165, 1.54) is 24.3 Å². The molecular formula is C6H11NOS. The van der Waals surface area contributed by atoms with Gasteiger partial charge in [0.2, 0.25) is 0 Å². The molecule has 0 saturated carbocycles. The van der Waals surface area contributed by atoms with Crippen molar-refractivity contribution >= 4 is 18.0 Å². The summed E-state index contributed by atoms with van der Waals surface area (Å²) in [4.78, 5) is 0. The third-order valence-corrected chi connectivity index (χ3v) is 2.59. The molecule has 3 heteroatoms. The monoisotopic (exact) mass is 145 g/mol. The molecule has 0 unspecified atom stereocenters. The molecule has 0 spiro atoms. The van der Waals surface area contributed by atoms with Gasteiger partial charge in [-0.2, -0.15) is 11.8 Å². The highest BCUT2D eigenvalue weighted by Gasteiger charge is 2.10. The molecule has 1 N–H and O–H groups in total. The van der Waals surface area contributed by atoms with E-state index in [4.69, 9.17) is 5.21 Å². The number of oxime groups is 1. The normalized spacial score (nSPS) is 23.1. The maximum absolute atomic E-state index is 8.18. The van der Waals surface area contributed by atoms with Gasteiger partial charge in [-0.25, -0.2) is 0 Å². The van der Waals surface area contributed by atoms with Crippen LogP contribution in [0, 0.1) is 5.92 Å². The van der Waals surface area contributed by atoms with Gasteiger partial charge >= 0.3 is 0 Å². The third-order valence-electron chi connectivity index (χ3n) is 1.54. The number of nitrogens with zero attached hydrogens (tertiary/aromatic N) is 1. The zero-order valence-corrected chi connectivity index (χ0v) is 6.10. The highest BCUT2D eigenvalue weighted by Crippen LogP contribution is 2.20. The lowest BCUT2D eigenvalue weighted by Gasteiger charge is -2.15. The second-order valence-corrected chi connectivity index (χ2v) is 3.44. The molecule has 1 rings (SSSR count). The van der Waals surface area contributed by atoms with Crippen molar-refractivity contribution in [1.29, 1.82) is 0 Å². The Kier molecular flexibility index (Phi) is 2.91. The van der Waals surface area contributed by atoms with E-state index in [2.05, 4.69) is 5.16 Å². The predicted molar refractivity (Wildman–Crippen MR) is 40.3 cm³/mol. The van der Waals surface area contributed by atoms with Crippen LogP contribution in [-0.2, 0) is 0 Å². The largest absolute Gasteiger partial charge is 0.411 e. The summed E-state index contributed by atoms with van der Waals surface area (Å²) in [6.45, 7) is 0. The molecule has 0 aromatic rings. The summed E-state index contributed by atoms with van der Waals surface area (Å²) in [5.74, 6) is 2.98. The van der Waals surface area contributed by atoms with Gasteiger partial charge in [0.15, 0.2) is 0 Å². The van der Waals surface area contributed by atoms with Gasteiger partial charge in [0.1, 0.15) is 0 Å². The Morgan fingerprint density at radius 1 is 1.44 bits per heavy atom. The molecule has 0 amide bonds. The van der Waals surface area contributed by atoms with Crippen molar-refractivity contribution in [2.45, 2.75) is 12.8 Å². The fraction of sp³-hybridized carbons (Fsp3) is 0.833. The number of thioether (sulfide) groups is 1. The molecule has 0 aromatic carbocycles. The van der Waals surface area contributed by atoms with Crippen LogP contribution in [0.3, 0.4) is 0 Å². The number of hydrogen-bond acceptors (Lipinski definition) is 3. The number of hydrogen-bond donors (Lipinski definition) is 1. The van der Waals surface area contributed by atoms with Crippen LogP contribution in [0.15, 0.2) is 5.16 Å². The van der Waals surface area contributed by atoms with Crippen LogP contribution in [0.2, 0.25) is 0 Å². The highest BCUT2D eigenvalue weighted by molar-refractivity contribution is 7.99. The zero-order chi connectivity index (χ0) is 6.53. The van der Waals surface area contributed by atoms with Crippen molar-refractivity contribution in [3.05, 3.63) is 0 Å². The fourth-order valence-corrected chi connectivity index (χ4v) is 2.10. The van der Waals surface area contributed by atoms with Gasteiger partial charge in [0, 0.05) is 6.21 Å². The van der Waals surface area contributed by atoms with Crippen LogP contribution in [0.4, 0.5) is 0 Å². The average molecular weight is 145 g/mol. The molecule has 0 bridgehead atoms. The van der Waals surface area contributed by atoms with E-state index in [1.54, 1.807) is 6.21 Å². The second-order valence-electron chi connectivity index (χ2n) is 2.21. The van der Waals surface area contributed by atoms with Crippen LogP contribution < -0.4 is 0 Å². The lowest BCUT2D eigenvalue weighted by atomic mass is 10.1. The lowest BCUT2D eigenvalue weighted by Crippen LogP contribution is -2.10. The summed E-state index contributed by atoms with van der Waals surface area (Å²) in [6, 6.07) is 0. The Morgan fingerprint density at radius 3 is 2.67 bits per heavy atom. The van der Waals surface area contributed by atoms with Crippen LogP contribution in [0.1, 0.15) is 12.8 Å². The minimum Gasteiger partial charge on any atom is -0.411 e. The van der Waals surface area contributed by atoms with Gasteiger partial charge in [0.05, 0.1) is 0 Å². The molecule has 0 aliphatic carbocycles. The zero-order valence-electron chi connectivity index (χ0n) is 5.29. The van der Waals surface area contributed by atoms with Gasteiger partial charge < -0.3 is 5.21 Å². The Labute approximate surface area is 59.3 Å². The summed E-state index contributed by atoms with van der Waals surface area (Å²) in [5, 5.41) is 11.2. The van der Waals surface area contributed by atoms with Crippen molar-refractivity contribution in [3.63, 3.8) is 0 Å². The second kappa shape index (κ2) is 3.77. The van der Waals surface area contributed by atoms with E-state index in [0.717, 1.165) is 0 Å². The average Bonchev–Trinajstić information content (AvgIpc) is 1.91. The Hall–Kier alpha value is -0.180. The van der Waals surface area contributed by atoms with Gasteiger partial charge in [-0.3, -0.25) is 0 Å². The van der Waals surface area contributed by atoms with E-state index in [0.29, 0.717) is 5.92 Å². The smallest absolute Gasteiger partial charge is 0.0467 e. The van der Waals surface area contributed by atoms with E-state index in [9.17, 15) is 0 Å². The molecule has 1 fully saturated rings. The summed E-state index contributed by atoms with van der Waals surface area (Å²) >= 11 is 1.98. The topological polar surface area (TPSA) is 32.6 Å². The molecule has 0 aromatic heterocycles. The minimum atomic E-state index is 0.538. The van der Waals surface area contributed by atoms with Crippen LogP contribution in [-0.4, -0.2) is 22.9 Å². The maximum atomic E-state index is 8.18. The van der Waals surface area contributed by atoms with E-state index >= 15 is 0 Å². The van der Waals surface area contributed by atoms with Crippen molar-refractivity contribution in [3.8, 4) is 0 Å². The summed E-state index contributed by atoms with van der Waals surface area (Å²) in [6.07, 6.45) is 4.00. The van der Waals surface area contributed by atoms with Gasteiger partial charge in [0.25, 0.3) is 0 Å². The molecular weight excluding hydrogens is 134 g/mol. The van der Waals surface area contributed by atoms with Crippen LogP contribution >= 0.6 is 11.8 Å². The van der Waals surface area contributed by atoms with Gasteiger partial charge in [-0.1, -0.05) is 0 Å². The van der Waals surface area contributed by atoms with Gasteiger partial charge in [-0.05, 0) is 30.3 Å². The molecule has 0 radical (unpaired) electrons. The first-order valence-electron chi connectivity index (χ1n) is 3.19. The first kappa shape index (κ1) is 6.93. The van der Waals surface area contributed by atoms with E-state index in [1.807, 2.05) is 11.8 Å². The van der Waals surface area contributed by atoms with Crippen molar-refractivity contribution in [1.82, 2.24) is 0 Å². The maximum Gasteiger partial charge on any atom is 0.0467 e. The predicted octanol–water partition coefficient (Wildman–Crippen LogP) is 1.59. The van der Waals surface area contributed by atoms with Crippen LogP contribution in [0.5, 0.6) is 0 Å². The van der Waals surface area contributed by atoms with E-state index in [-0.39, 0.29) is 0 Å². The Bertz CT molecular complexity index is 99.2. The minimum absolute atomic E-state index is 0.538. The molecule has 52 valence electrons. The lowest BCUT2D eigenvalue weighted by molar-refractivity contribution is 0.317. The quantitative estimate of drug-likeness (QED) is 0.345. The Morgan fingerprint density at radius 2 is 2.11 bits per heavy atom. The summed E-state index contributed by atoms with van der Waals surface area (Å²) in [5.41, 5.74) is 0. The first-order valence-corrected chi connectivity index (χ1v) is 4.34. The summed E-state index contributed by atoms with van der Waals surface area (Å²) in [7, 11) is 0. The molecule has 1 saturated heterocycles. The number of rotatable bonds is 1. The van der Waals surface area contributed by atoms with Crippen LogP contribution in [0.25, 0.3) is 0 Å². The highest BCUT2D eigenvalue weighted by atomic mass is 32.2. The standard InChI is InChI=1S/C6H11NOS/c8-7-5-6-1-3-9-4-2-6/h5-6,8H,1-4H2.